The van der Waals surface area contributed by atoms with E-state index in [1.807, 2.05) is 53.3 Å². The summed E-state index contributed by atoms with van der Waals surface area (Å²) in [6.07, 6.45) is 8.79. The quantitative estimate of drug-likeness (QED) is 0.507. The number of nitrogens with one attached hydrogen (secondary N) is 1. The van der Waals surface area contributed by atoms with Crippen molar-refractivity contribution in [2.24, 2.45) is 5.41 Å². The molecule has 32 heavy (non-hydrogen) atoms. The molecule has 5 rings (SSSR count). The molecule has 1 amide bonds. The van der Waals surface area contributed by atoms with E-state index in [0.717, 1.165) is 35.4 Å². The van der Waals surface area contributed by atoms with E-state index in [1.54, 1.807) is 0 Å². The second-order valence-electron chi connectivity index (χ2n) is 9.61. The maximum atomic E-state index is 12.9. The third kappa shape index (κ3) is 3.93. The van der Waals surface area contributed by atoms with Gasteiger partial charge in [-0.25, -0.2) is 9.67 Å². The van der Waals surface area contributed by atoms with Crippen LogP contribution in [0.2, 0.25) is 0 Å². The summed E-state index contributed by atoms with van der Waals surface area (Å²) in [6.45, 7) is 6.64. The van der Waals surface area contributed by atoms with Gasteiger partial charge in [0.15, 0.2) is 0 Å². The average Bonchev–Trinajstić information content (AvgIpc) is 3.35. The average molecular weight is 428 g/mol. The number of para-hydroxylation sites is 1. The van der Waals surface area contributed by atoms with Crippen LogP contribution >= 0.6 is 0 Å². The van der Waals surface area contributed by atoms with Gasteiger partial charge in [-0.3, -0.25) is 4.79 Å². The Balaban J connectivity index is 1.34. The van der Waals surface area contributed by atoms with Gasteiger partial charge in [0.1, 0.15) is 5.65 Å². The first-order valence-corrected chi connectivity index (χ1v) is 11.2. The van der Waals surface area contributed by atoms with Crippen LogP contribution in [0.4, 0.5) is 0 Å². The van der Waals surface area contributed by atoms with Gasteiger partial charge in [0.25, 0.3) is 0 Å². The van der Waals surface area contributed by atoms with E-state index >= 15 is 0 Å². The van der Waals surface area contributed by atoms with Crippen LogP contribution in [-0.4, -0.2) is 25.1 Å². The summed E-state index contributed by atoms with van der Waals surface area (Å²) in [6, 6.07) is 14.2. The van der Waals surface area contributed by atoms with Gasteiger partial charge in [-0.1, -0.05) is 38.1 Å². The number of nitrogens with zero attached hydrogens (tertiary/aromatic N) is 4. The molecule has 164 valence electrons. The highest BCUT2D eigenvalue weighted by Gasteiger charge is 2.36. The Morgan fingerprint density at radius 3 is 2.81 bits per heavy atom. The summed E-state index contributed by atoms with van der Waals surface area (Å²) in [4.78, 5) is 17.5. The third-order valence-electron chi connectivity index (χ3n) is 6.38. The number of aryl methyl sites for hydroxylation is 2. The zero-order valence-electron chi connectivity index (χ0n) is 18.9. The zero-order valence-corrected chi connectivity index (χ0v) is 18.9. The molecule has 3 aromatic heterocycles. The first kappa shape index (κ1) is 20.5. The lowest BCUT2D eigenvalue weighted by molar-refractivity contribution is -0.122. The van der Waals surface area contributed by atoms with Gasteiger partial charge < -0.3 is 9.72 Å². The number of imidazole rings is 1. The molecule has 3 heterocycles. The Bertz CT molecular complexity index is 1250. The minimum absolute atomic E-state index is 0.0277. The summed E-state index contributed by atoms with van der Waals surface area (Å²) in [5.41, 5.74) is 6.54. The molecule has 6 nitrogen and oxygen atoms in total. The summed E-state index contributed by atoms with van der Waals surface area (Å²) >= 11 is 0. The standard InChI is InChI=1S/C26H29N5O/c1-18-8-4-5-9-22(18)31-23-15-26(2,3)14-21(20(23)16-27-31)29-25(32)12-11-19-17-30-13-7-6-10-24(30)28-19/h4-10,13,16-17,21H,11-12,14-15H2,1-3H3,(H,29,32). The van der Waals surface area contributed by atoms with Crippen LogP contribution in [0, 0.1) is 12.3 Å². The SMILES string of the molecule is Cc1ccccc1-n1ncc2c1CC(C)(C)CC2NC(=O)CCc1cn2ccccc2n1. The van der Waals surface area contributed by atoms with Crippen molar-refractivity contribution in [2.45, 2.75) is 52.5 Å². The van der Waals surface area contributed by atoms with Crippen LogP contribution in [0.5, 0.6) is 0 Å². The highest BCUT2D eigenvalue weighted by molar-refractivity contribution is 5.76. The molecule has 0 bridgehead atoms. The molecule has 1 unspecified atom stereocenters. The minimum atomic E-state index is -0.0277. The fourth-order valence-corrected chi connectivity index (χ4v) is 4.80. The van der Waals surface area contributed by atoms with Gasteiger partial charge in [-0.2, -0.15) is 5.10 Å². The lowest BCUT2D eigenvalue weighted by Crippen LogP contribution is -2.36. The molecule has 1 aliphatic rings. The van der Waals surface area contributed by atoms with Crippen LogP contribution in [0.15, 0.2) is 61.1 Å². The van der Waals surface area contributed by atoms with Crippen molar-refractivity contribution in [3.8, 4) is 5.69 Å². The predicted octanol–water partition coefficient (Wildman–Crippen LogP) is 4.59. The van der Waals surface area contributed by atoms with Crippen molar-refractivity contribution in [2.75, 3.05) is 0 Å². The van der Waals surface area contributed by atoms with Crippen molar-refractivity contribution >= 4 is 11.6 Å². The lowest BCUT2D eigenvalue weighted by atomic mass is 9.74. The first-order chi connectivity index (χ1) is 15.4. The van der Waals surface area contributed by atoms with Crippen molar-refractivity contribution < 1.29 is 4.79 Å². The molecular formula is C26H29N5O. The fourth-order valence-electron chi connectivity index (χ4n) is 4.80. The smallest absolute Gasteiger partial charge is 0.220 e. The monoisotopic (exact) mass is 427 g/mol. The number of fused-ring (bicyclic) bond motifs is 2. The largest absolute Gasteiger partial charge is 0.349 e. The highest BCUT2D eigenvalue weighted by atomic mass is 16.1. The van der Waals surface area contributed by atoms with Crippen LogP contribution < -0.4 is 5.32 Å². The van der Waals surface area contributed by atoms with Crippen molar-refractivity contribution in [1.82, 2.24) is 24.5 Å². The third-order valence-corrected chi connectivity index (χ3v) is 6.38. The summed E-state index contributed by atoms with van der Waals surface area (Å²) in [5.74, 6) is 0.0550. The predicted molar refractivity (Wildman–Crippen MR) is 125 cm³/mol. The molecule has 0 fully saturated rings. The maximum absolute atomic E-state index is 12.9. The van der Waals surface area contributed by atoms with Gasteiger partial charge in [-0.05, 0) is 55.4 Å². The number of hydrogen-bond acceptors (Lipinski definition) is 3. The van der Waals surface area contributed by atoms with E-state index in [1.165, 1.54) is 11.3 Å². The molecule has 4 aromatic rings. The molecule has 0 saturated heterocycles. The molecule has 0 aliphatic heterocycles. The topological polar surface area (TPSA) is 64.2 Å². The molecule has 1 aliphatic carbocycles. The van der Waals surface area contributed by atoms with Gasteiger partial charge in [0, 0.05) is 24.4 Å². The molecule has 0 spiro atoms. The van der Waals surface area contributed by atoms with Crippen LogP contribution in [0.1, 0.15) is 55.2 Å². The number of aromatic nitrogens is 4. The number of benzene rings is 1. The Labute approximate surface area is 188 Å². The van der Waals surface area contributed by atoms with E-state index in [-0.39, 0.29) is 17.4 Å². The Morgan fingerprint density at radius 1 is 1.19 bits per heavy atom. The molecule has 0 saturated carbocycles. The highest BCUT2D eigenvalue weighted by Crippen LogP contribution is 2.41. The van der Waals surface area contributed by atoms with E-state index < -0.39 is 0 Å². The molecule has 1 aromatic carbocycles. The van der Waals surface area contributed by atoms with Crippen molar-refractivity contribution in [3.05, 3.63) is 83.6 Å². The van der Waals surface area contributed by atoms with Gasteiger partial charge >= 0.3 is 0 Å². The number of pyridine rings is 1. The van der Waals surface area contributed by atoms with E-state index in [0.29, 0.717) is 12.8 Å². The number of amides is 1. The first-order valence-electron chi connectivity index (χ1n) is 11.2. The second-order valence-corrected chi connectivity index (χ2v) is 9.61. The Hall–Kier alpha value is -3.41. The Kier molecular flexibility index (Phi) is 5.08. The molecule has 1 atom stereocenters. The van der Waals surface area contributed by atoms with E-state index in [2.05, 4.69) is 47.9 Å². The van der Waals surface area contributed by atoms with Crippen molar-refractivity contribution in [3.63, 3.8) is 0 Å². The van der Waals surface area contributed by atoms with Crippen LogP contribution in [-0.2, 0) is 17.6 Å². The molecular weight excluding hydrogens is 398 g/mol. The zero-order chi connectivity index (χ0) is 22.3. The number of hydrogen-bond donors (Lipinski definition) is 1. The molecule has 0 radical (unpaired) electrons. The normalized spacial score (nSPS) is 17.3. The summed E-state index contributed by atoms with van der Waals surface area (Å²) < 4.78 is 4.05. The van der Waals surface area contributed by atoms with Gasteiger partial charge in [0.05, 0.1) is 29.3 Å². The van der Waals surface area contributed by atoms with Crippen molar-refractivity contribution in [1.29, 1.82) is 0 Å². The van der Waals surface area contributed by atoms with Crippen LogP contribution in [0.3, 0.4) is 0 Å². The number of carbonyl (C=O) groups is 1. The minimum Gasteiger partial charge on any atom is -0.349 e. The van der Waals surface area contributed by atoms with Crippen LogP contribution in [0.25, 0.3) is 11.3 Å². The van der Waals surface area contributed by atoms with Gasteiger partial charge in [-0.15, -0.1) is 0 Å². The molecule has 1 N–H and O–H groups in total. The van der Waals surface area contributed by atoms with Gasteiger partial charge in [0.2, 0.25) is 5.91 Å². The molecule has 6 heteroatoms. The summed E-state index contributed by atoms with van der Waals surface area (Å²) in [5, 5.41) is 8.01. The van der Waals surface area contributed by atoms with E-state index in [4.69, 9.17) is 5.10 Å². The fraction of sp³-hybridized carbons (Fsp3) is 0.346. The number of rotatable bonds is 5. The Morgan fingerprint density at radius 2 is 2.00 bits per heavy atom. The second kappa shape index (κ2) is 7.93. The number of carbonyl (C=O) groups excluding carboxylic acids is 1. The lowest BCUT2D eigenvalue weighted by Gasteiger charge is -2.36. The van der Waals surface area contributed by atoms with E-state index in [9.17, 15) is 4.79 Å². The maximum Gasteiger partial charge on any atom is 0.220 e. The summed E-state index contributed by atoms with van der Waals surface area (Å²) in [7, 11) is 0.